The van der Waals surface area contributed by atoms with Crippen LogP contribution in [-0.2, 0) is 11.3 Å². The van der Waals surface area contributed by atoms with Gasteiger partial charge in [0.15, 0.2) is 5.78 Å². The van der Waals surface area contributed by atoms with Crippen molar-refractivity contribution in [3.8, 4) is 5.75 Å². The fourth-order valence-electron chi connectivity index (χ4n) is 3.88. The molecule has 0 aromatic heterocycles. The zero-order chi connectivity index (χ0) is 22.9. The molecule has 0 atom stereocenters. The third-order valence-corrected chi connectivity index (χ3v) is 5.82. The van der Waals surface area contributed by atoms with Crippen molar-refractivity contribution in [2.24, 2.45) is 5.92 Å². The summed E-state index contributed by atoms with van der Waals surface area (Å²) in [5, 5.41) is 2.81. The number of carbonyl (C=O) groups excluding carboxylic acids is 3. The number of nitrogens with zero attached hydrogens (tertiary/aromatic N) is 2. The van der Waals surface area contributed by atoms with Crippen molar-refractivity contribution in [3.05, 3.63) is 65.7 Å². The molecule has 3 amide bonds. The largest absolute Gasteiger partial charge is 0.497 e. The normalized spacial score (nSPS) is 14.0. The van der Waals surface area contributed by atoms with Gasteiger partial charge in [0.25, 0.3) is 0 Å². The summed E-state index contributed by atoms with van der Waals surface area (Å²) in [4.78, 5) is 40.9. The number of ether oxygens (including phenoxy) is 1. The van der Waals surface area contributed by atoms with Gasteiger partial charge in [0.1, 0.15) is 5.75 Å². The van der Waals surface area contributed by atoms with E-state index in [1.807, 2.05) is 30.3 Å². The lowest BCUT2D eigenvalue weighted by Crippen LogP contribution is -2.42. The van der Waals surface area contributed by atoms with E-state index < -0.39 is 0 Å². The van der Waals surface area contributed by atoms with Gasteiger partial charge in [0.2, 0.25) is 5.91 Å². The van der Waals surface area contributed by atoms with E-state index in [1.54, 1.807) is 48.2 Å². The highest BCUT2D eigenvalue weighted by Crippen LogP contribution is 2.23. The fraction of sp³-hybridized carbons (Fsp3) is 0.400. The molecule has 1 aliphatic heterocycles. The Labute approximate surface area is 189 Å². The number of hydrogen-bond donors (Lipinski definition) is 1. The van der Waals surface area contributed by atoms with Crippen molar-refractivity contribution in [2.75, 3.05) is 33.8 Å². The number of benzene rings is 2. The molecule has 0 saturated carbocycles. The van der Waals surface area contributed by atoms with Gasteiger partial charge in [-0.15, -0.1) is 0 Å². The maximum atomic E-state index is 12.7. The zero-order valence-electron chi connectivity index (χ0n) is 18.8. The van der Waals surface area contributed by atoms with E-state index in [4.69, 9.17) is 4.74 Å². The van der Waals surface area contributed by atoms with Gasteiger partial charge in [-0.3, -0.25) is 9.59 Å². The molecule has 2 aromatic rings. The van der Waals surface area contributed by atoms with Gasteiger partial charge in [-0.1, -0.05) is 30.3 Å². The first kappa shape index (κ1) is 23.3. The minimum atomic E-state index is -0.203. The predicted octanol–water partition coefficient (Wildman–Crippen LogP) is 3.35. The summed E-state index contributed by atoms with van der Waals surface area (Å²) < 4.78 is 5.14. The van der Waals surface area contributed by atoms with Gasteiger partial charge in [0.05, 0.1) is 7.11 Å². The quantitative estimate of drug-likeness (QED) is 0.643. The SMILES string of the molecule is COc1ccc(C(=O)C2CCN(C(=O)CCNC(=O)N(C)Cc3ccccc3)CC2)cc1. The molecule has 7 nitrogen and oxygen atoms in total. The van der Waals surface area contributed by atoms with Gasteiger partial charge in [-0.2, -0.15) is 0 Å². The van der Waals surface area contributed by atoms with Gasteiger partial charge in [-0.05, 0) is 42.7 Å². The number of Topliss-reactive ketones (excluding diaryl/α,β-unsaturated/α-hetero) is 1. The van der Waals surface area contributed by atoms with Crippen LogP contribution in [0, 0.1) is 5.92 Å². The second kappa shape index (κ2) is 11.3. The molecule has 170 valence electrons. The van der Waals surface area contributed by atoms with E-state index in [1.165, 1.54) is 0 Å². The van der Waals surface area contributed by atoms with Crippen LogP contribution in [0.2, 0.25) is 0 Å². The Morgan fingerprint density at radius 3 is 2.31 bits per heavy atom. The molecule has 0 bridgehead atoms. The van der Waals surface area contributed by atoms with Crippen LogP contribution >= 0.6 is 0 Å². The highest BCUT2D eigenvalue weighted by Gasteiger charge is 2.27. The molecule has 0 unspecified atom stereocenters. The summed E-state index contributed by atoms with van der Waals surface area (Å²) in [6.07, 6.45) is 1.56. The van der Waals surface area contributed by atoms with Gasteiger partial charge < -0.3 is 19.9 Å². The molecule has 32 heavy (non-hydrogen) atoms. The van der Waals surface area contributed by atoms with Crippen molar-refractivity contribution in [1.29, 1.82) is 0 Å². The molecule has 7 heteroatoms. The molecule has 1 N–H and O–H groups in total. The molecular weight excluding hydrogens is 406 g/mol. The second-order valence-corrected chi connectivity index (χ2v) is 8.07. The van der Waals surface area contributed by atoms with Crippen LogP contribution in [0.3, 0.4) is 0 Å². The van der Waals surface area contributed by atoms with Crippen molar-refractivity contribution < 1.29 is 19.1 Å². The van der Waals surface area contributed by atoms with Crippen LogP contribution < -0.4 is 10.1 Å². The van der Waals surface area contributed by atoms with Crippen LogP contribution in [0.4, 0.5) is 4.79 Å². The maximum absolute atomic E-state index is 12.7. The topological polar surface area (TPSA) is 79.0 Å². The lowest BCUT2D eigenvalue weighted by molar-refractivity contribution is -0.132. The summed E-state index contributed by atoms with van der Waals surface area (Å²) in [6.45, 7) is 1.93. The summed E-state index contributed by atoms with van der Waals surface area (Å²) >= 11 is 0. The van der Waals surface area contributed by atoms with E-state index in [2.05, 4.69) is 5.32 Å². The zero-order valence-corrected chi connectivity index (χ0v) is 18.8. The first-order valence-electron chi connectivity index (χ1n) is 11.0. The molecule has 1 heterocycles. The number of likely N-dealkylation sites (tertiary alicyclic amines) is 1. The van der Waals surface area contributed by atoms with Crippen LogP contribution in [0.15, 0.2) is 54.6 Å². The van der Waals surface area contributed by atoms with Gasteiger partial charge in [0, 0.05) is 51.1 Å². The van der Waals surface area contributed by atoms with Gasteiger partial charge >= 0.3 is 6.03 Å². The minimum Gasteiger partial charge on any atom is -0.497 e. The average molecular weight is 438 g/mol. The average Bonchev–Trinajstić information content (AvgIpc) is 2.84. The molecule has 1 fully saturated rings. The Kier molecular flexibility index (Phi) is 8.25. The van der Waals surface area contributed by atoms with Crippen LogP contribution in [0.1, 0.15) is 35.2 Å². The summed E-state index contributed by atoms with van der Waals surface area (Å²) in [5.74, 6) is 0.777. The van der Waals surface area contributed by atoms with Crippen molar-refractivity contribution in [2.45, 2.75) is 25.8 Å². The van der Waals surface area contributed by atoms with Crippen LogP contribution in [0.25, 0.3) is 0 Å². The summed E-state index contributed by atoms with van der Waals surface area (Å²) in [5.41, 5.74) is 1.73. The predicted molar refractivity (Wildman–Crippen MR) is 123 cm³/mol. The highest BCUT2D eigenvalue weighted by atomic mass is 16.5. The Balaban J connectivity index is 1.37. The van der Waals surface area contributed by atoms with Gasteiger partial charge in [-0.25, -0.2) is 4.79 Å². The first-order chi connectivity index (χ1) is 15.5. The fourth-order valence-corrected chi connectivity index (χ4v) is 3.88. The number of nitrogens with one attached hydrogen (secondary N) is 1. The van der Waals surface area contributed by atoms with Crippen LogP contribution in [0.5, 0.6) is 5.75 Å². The lowest BCUT2D eigenvalue weighted by Gasteiger charge is -2.31. The smallest absolute Gasteiger partial charge is 0.317 e. The molecule has 3 rings (SSSR count). The molecular formula is C25H31N3O4. The Morgan fingerprint density at radius 2 is 1.69 bits per heavy atom. The monoisotopic (exact) mass is 437 g/mol. The second-order valence-electron chi connectivity index (χ2n) is 8.07. The molecule has 0 aliphatic carbocycles. The number of piperidine rings is 1. The number of methoxy groups -OCH3 is 1. The number of amides is 3. The van der Waals surface area contributed by atoms with E-state index in [0.29, 0.717) is 44.6 Å². The third-order valence-electron chi connectivity index (χ3n) is 5.82. The van der Waals surface area contributed by atoms with Crippen molar-refractivity contribution in [1.82, 2.24) is 15.1 Å². The molecule has 0 spiro atoms. The Morgan fingerprint density at radius 1 is 1.03 bits per heavy atom. The first-order valence-corrected chi connectivity index (χ1v) is 11.0. The lowest BCUT2D eigenvalue weighted by atomic mass is 9.89. The van der Waals surface area contributed by atoms with E-state index in [0.717, 1.165) is 11.3 Å². The number of urea groups is 1. The van der Waals surface area contributed by atoms with E-state index in [9.17, 15) is 14.4 Å². The summed E-state index contributed by atoms with van der Waals surface area (Å²) in [7, 11) is 3.33. The van der Waals surface area contributed by atoms with E-state index in [-0.39, 0.29) is 30.1 Å². The molecule has 0 radical (unpaired) electrons. The maximum Gasteiger partial charge on any atom is 0.317 e. The summed E-state index contributed by atoms with van der Waals surface area (Å²) in [6, 6.07) is 16.7. The van der Waals surface area contributed by atoms with Crippen molar-refractivity contribution >= 4 is 17.7 Å². The number of carbonyl (C=O) groups is 3. The highest BCUT2D eigenvalue weighted by molar-refractivity contribution is 5.98. The van der Waals surface area contributed by atoms with Crippen LogP contribution in [-0.4, -0.2) is 61.3 Å². The Hall–Kier alpha value is -3.35. The Bertz CT molecular complexity index is 907. The minimum absolute atomic E-state index is 0.00589. The number of ketones is 1. The van der Waals surface area contributed by atoms with E-state index >= 15 is 0 Å². The standard InChI is InChI=1S/C25H31N3O4/c1-27(18-19-6-4-3-5-7-19)25(31)26-15-12-23(29)28-16-13-21(14-17-28)24(30)20-8-10-22(32-2)11-9-20/h3-11,21H,12-18H2,1-2H3,(H,26,31). The van der Waals surface area contributed by atoms with Crippen molar-refractivity contribution in [3.63, 3.8) is 0 Å². The number of hydrogen-bond acceptors (Lipinski definition) is 4. The molecule has 1 aliphatic rings. The molecule has 2 aromatic carbocycles. The number of rotatable bonds is 8. The molecule has 1 saturated heterocycles. The third kappa shape index (κ3) is 6.33.